The first-order valence-corrected chi connectivity index (χ1v) is 7.22. The average Bonchev–Trinajstić information content (AvgIpc) is 3.24. The maximum absolute atomic E-state index is 4.57. The van der Waals surface area contributed by atoms with E-state index in [-0.39, 0.29) is 0 Å². The van der Waals surface area contributed by atoms with Crippen LogP contribution in [0.4, 0.5) is 5.82 Å². The van der Waals surface area contributed by atoms with Gasteiger partial charge in [0, 0.05) is 38.3 Å². The first-order valence-electron chi connectivity index (χ1n) is 7.22. The molecule has 1 aromatic rings. The highest BCUT2D eigenvalue weighted by molar-refractivity contribution is 5.36. The summed E-state index contributed by atoms with van der Waals surface area (Å²) in [6.07, 6.45) is 6.45. The van der Waals surface area contributed by atoms with Gasteiger partial charge in [0.1, 0.15) is 5.82 Å². The molecule has 0 aromatic carbocycles. The Labute approximate surface area is 115 Å². The highest BCUT2D eigenvalue weighted by Gasteiger charge is 2.22. The predicted molar refractivity (Wildman–Crippen MR) is 76.2 cm³/mol. The van der Waals surface area contributed by atoms with Gasteiger partial charge >= 0.3 is 0 Å². The molecule has 1 atom stereocenters. The lowest BCUT2D eigenvalue weighted by atomic mass is 10.2. The Balaban J connectivity index is 1.58. The fourth-order valence-corrected chi connectivity index (χ4v) is 2.40. The first kappa shape index (κ1) is 12.8. The van der Waals surface area contributed by atoms with Crippen molar-refractivity contribution in [2.24, 2.45) is 0 Å². The van der Waals surface area contributed by atoms with E-state index in [0.717, 1.165) is 43.7 Å². The molecule has 1 aromatic heterocycles. The Kier molecular flexibility index (Phi) is 3.66. The van der Waals surface area contributed by atoms with Gasteiger partial charge in [-0.1, -0.05) is 0 Å². The maximum atomic E-state index is 4.57. The smallest absolute Gasteiger partial charge is 0.147 e. The number of rotatable bonds is 4. The Morgan fingerprint density at radius 3 is 2.74 bits per heavy atom. The number of aromatic nitrogens is 2. The van der Waals surface area contributed by atoms with Crippen LogP contribution in [-0.4, -0.2) is 53.6 Å². The molecule has 2 fully saturated rings. The van der Waals surface area contributed by atoms with Crippen molar-refractivity contribution in [1.29, 1.82) is 0 Å². The number of hydrogen-bond acceptors (Lipinski definition) is 5. The van der Waals surface area contributed by atoms with Gasteiger partial charge in [0.05, 0.1) is 18.1 Å². The fourth-order valence-electron chi connectivity index (χ4n) is 2.40. The van der Waals surface area contributed by atoms with Gasteiger partial charge in [-0.3, -0.25) is 4.98 Å². The molecule has 0 bridgehead atoms. The summed E-state index contributed by atoms with van der Waals surface area (Å²) in [5.41, 5.74) is 1.04. The zero-order chi connectivity index (χ0) is 13.2. The molecule has 0 radical (unpaired) electrons. The molecule has 104 valence electrons. The number of likely N-dealkylation sites (N-methyl/N-ethyl adjacent to an activating group) is 1. The Morgan fingerprint density at radius 1 is 1.26 bits per heavy atom. The van der Waals surface area contributed by atoms with E-state index in [1.165, 1.54) is 12.8 Å². The van der Waals surface area contributed by atoms with Gasteiger partial charge in [-0.25, -0.2) is 4.98 Å². The molecule has 5 heteroatoms. The molecular formula is C14H23N5. The van der Waals surface area contributed by atoms with Crippen LogP contribution in [0.5, 0.6) is 0 Å². The van der Waals surface area contributed by atoms with Crippen molar-refractivity contribution in [2.45, 2.75) is 38.4 Å². The maximum Gasteiger partial charge on any atom is 0.147 e. The molecule has 3 rings (SSSR count). The normalized spacial score (nSPS) is 24.7. The quantitative estimate of drug-likeness (QED) is 0.871. The molecule has 1 aliphatic heterocycles. The minimum Gasteiger partial charge on any atom is -0.353 e. The van der Waals surface area contributed by atoms with Crippen molar-refractivity contribution in [3.05, 3.63) is 18.1 Å². The summed E-state index contributed by atoms with van der Waals surface area (Å²) in [4.78, 5) is 13.8. The van der Waals surface area contributed by atoms with E-state index in [1.54, 1.807) is 0 Å². The molecule has 0 amide bonds. The third kappa shape index (κ3) is 3.22. The third-order valence-electron chi connectivity index (χ3n) is 4.12. The zero-order valence-corrected chi connectivity index (χ0v) is 11.8. The number of nitrogens with one attached hydrogen (secondary N) is 1. The number of nitrogens with zero attached hydrogens (tertiary/aromatic N) is 4. The van der Waals surface area contributed by atoms with Crippen LogP contribution in [0.2, 0.25) is 0 Å². The van der Waals surface area contributed by atoms with Gasteiger partial charge in [-0.05, 0) is 26.8 Å². The number of hydrogen-bond donors (Lipinski definition) is 1. The summed E-state index contributed by atoms with van der Waals surface area (Å²) >= 11 is 0. The van der Waals surface area contributed by atoms with Crippen molar-refractivity contribution >= 4 is 5.82 Å². The average molecular weight is 261 g/mol. The van der Waals surface area contributed by atoms with Crippen LogP contribution in [0.1, 0.15) is 25.5 Å². The Morgan fingerprint density at radius 2 is 2.11 bits per heavy atom. The molecule has 1 aliphatic carbocycles. The Hall–Kier alpha value is -1.20. The van der Waals surface area contributed by atoms with Gasteiger partial charge in [0.25, 0.3) is 0 Å². The zero-order valence-electron chi connectivity index (χ0n) is 11.8. The van der Waals surface area contributed by atoms with E-state index in [4.69, 9.17) is 0 Å². The van der Waals surface area contributed by atoms with Crippen LogP contribution in [0.25, 0.3) is 0 Å². The lowest BCUT2D eigenvalue weighted by molar-refractivity contribution is 0.233. The van der Waals surface area contributed by atoms with Gasteiger partial charge in [-0.2, -0.15) is 0 Å². The summed E-state index contributed by atoms with van der Waals surface area (Å²) in [6, 6.07) is 1.30. The molecule has 19 heavy (non-hydrogen) atoms. The molecule has 2 heterocycles. The molecule has 1 N–H and O–H groups in total. The standard InChI is InChI=1S/C14H23N5/c1-11-10-19(6-5-18(11)2)14-9-16-13(8-17-14)7-15-12-3-4-12/h8-9,11-12,15H,3-7,10H2,1-2H3. The van der Waals surface area contributed by atoms with Gasteiger partial charge in [0.15, 0.2) is 0 Å². The highest BCUT2D eigenvalue weighted by atomic mass is 15.3. The highest BCUT2D eigenvalue weighted by Crippen LogP contribution is 2.19. The summed E-state index contributed by atoms with van der Waals surface area (Å²) in [5.74, 6) is 1.01. The van der Waals surface area contributed by atoms with E-state index in [9.17, 15) is 0 Å². The van der Waals surface area contributed by atoms with Crippen LogP contribution in [0.3, 0.4) is 0 Å². The summed E-state index contributed by atoms with van der Waals surface area (Å²) < 4.78 is 0. The van der Waals surface area contributed by atoms with E-state index in [1.807, 2.05) is 12.4 Å². The van der Waals surface area contributed by atoms with Crippen LogP contribution < -0.4 is 10.2 Å². The molecule has 1 saturated heterocycles. The van der Waals surface area contributed by atoms with Gasteiger partial charge in [-0.15, -0.1) is 0 Å². The van der Waals surface area contributed by atoms with E-state index >= 15 is 0 Å². The summed E-state index contributed by atoms with van der Waals surface area (Å²) in [7, 11) is 2.18. The largest absolute Gasteiger partial charge is 0.353 e. The van der Waals surface area contributed by atoms with Crippen molar-refractivity contribution in [3.63, 3.8) is 0 Å². The second kappa shape index (κ2) is 5.43. The minimum atomic E-state index is 0.576. The van der Waals surface area contributed by atoms with Gasteiger partial charge in [0.2, 0.25) is 0 Å². The Bertz CT molecular complexity index is 414. The van der Waals surface area contributed by atoms with Crippen molar-refractivity contribution in [3.8, 4) is 0 Å². The third-order valence-corrected chi connectivity index (χ3v) is 4.12. The first-order chi connectivity index (χ1) is 9.22. The molecule has 0 spiro atoms. The number of piperazine rings is 1. The SMILES string of the molecule is CC1CN(c2cnc(CNC3CC3)cn2)CCN1C. The molecule has 1 saturated carbocycles. The monoisotopic (exact) mass is 261 g/mol. The van der Waals surface area contributed by atoms with Crippen LogP contribution in [0.15, 0.2) is 12.4 Å². The molecule has 5 nitrogen and oxygen atoms in total. The summed E-state index contributed by atoms with van der Waals surface area (Å²) in [5, 5.41) is 3.46. The minimum absolute atomic E-state index is 0.576. The summed E-state index contributed by atoms with van der Waals surface area (Å²) in [6.45, 7) is 6.26. The van der Waals surface area contributed by atoms with Gasteiger partial charge < -0.3 is 15.1 Å². The topological polar surface area (TPSA) is 44.3 Å². The van der Waals surface area contributed by atoms with Crippen molar-refractivity contribution < 1.29 is 0 Å². The van der Waals surface area contributed by atoms with Crippen molar-refractivity contribution in [2.75, 3.05) is 31.6 Å². The van der Waals surface area contributed by atoms with Crippen molar-refractivity contribution in [1.82, 2.24) is 20.2 Å². The molecular weight excluding hydrogens is 238 g/mol. The predicted octanol–water partition coefficient (Wildman–Crippen LogP) is 0.869. The van der Waals surface area contributed by atoms with E-state index in [0.29, 0.717) is 6.04 Å². The fraction of sp³-hybridized carbons (Fsp3) is 0.714. The second-order valence-corrected chi connectivity index (χ2v) is 5.80. The van der Waals surface area contributed by atoms with Crippen LogP contribution in [0, 0.1) is 0 Å². The lowest BCUT2D eigenvalue weighted by Crippen LogP contribution is -2.50. The second-order valence-electron chi connectivity index (χ2n) is 5.80. The molecule has 2 aliphatic rings. The van der Waals surface area contributed by atoms with Crippen LogP contribution >= 0.6 is 0 Å². The van der Waals surface area contributed by atoms with E-state index < -0.39 is 0 Å². The van der Waals surface area contributed by atoms with E-state index in [2.05, 4.69) is 39.1 Å². The lowest BCUT2D eigenvalue weighted by Gasteiger charge is -2.38. The molecule has 1 unspecified atom stereocenters. The van der Waals surface area contributed by atoms with Crippen LogP contribution in [-0.2, 0) is 6.54 Å². The number of anilines is 1.